The summed E-state index contributed by atoms with van der Waals surface area (Å²) in [5, 5.41) is 11.5. The Kier molecular flexibility index (Phi) is 4.14. The third kappa shape index (κ3) is 3.04. The summed E-state index contributed by atoms with van der Waals surface area (Å²) in [6.07, 6.45) is 5.00. The second kappa shape index (κ2) is 6.75. The molecule has 4 heterocycles. The molecule has 0 fully saturated rings. The van der Waals surface area contributed by atoms with E-state index in [2.05, 4.69) is 37.4 Å². The van der Waals surface area contributed by atoms with E-state index in [1.54, 1.807) is 18.5 Å². The molecule has 0 radical (unpaired) electrons. The Labute approximate surface area is 149 Å². The molecule has 1 N–H and O–H groups in total. The van der Waals surface area contributed by atoms with Gasteiger partial charge >= 0.3 is 0 Å². The first-order valence-electron chi connectivity index (χ1n) is 8.25. The summed E-state index contributed by atoms with van der Waals surface area (Å²) in [4.78, 5) is 13.5. The number of aromatic nitrogens is 6. The highest BCUT2D eigenvalue weighted by molar-refractivity contribution is 5.63. The van der Waals surface area contributed by atoms with Gasteiger partial charge in [-0.15, -0.1) is 0 Å². The summed E-state index contributed by atoms with van der Waals surface area (Å²) < 4.78 is 6.80. The van der Waals surface area contributed by atoms with Crippen LogP contribution in [0.15, 0.2) is 53.5 Å². The van der Waals surface area contributed by atoms with Gasteiger partial charge in [-0.05, 0) is 32.0 Å². The number of pyridine rings is 1. The van der Waals surface area contributed by atoms with E-state index in [1.165, 1.54) is 6.26 Å². The minimum atomic E-state index is 0.495. The number of hydrogen-bond donors (Lipinski definition) is 1. The van der Waals surface area contributed by atoms with E-state index in [4.69, 9.17) is 4.52 Å². The molecule has 0 saturated heterocycles. The Morgan fingerprint density at radius 2 is 1.85 bits per heavy atom. The van der Waals surface area contributed by atoms with Gasteiger partial charge in [-0.25, -0.2) is 15.0 Å². The van der Waals surface area contributed by atoms with Crippen LogP contribution in [0.3, 0.4) is 0 Å². The normalized spacial score (nSPS) is 10.8. The lowest BCUT2D eigenvalue weighted by Crippen LogP contribution is -2.02. The van der Waals surface area contributed by atoms with Crippen LogP contribution in [-0.2, 0) is 6.54 Å². The third-order valence-corrected chi connectivity index (χ3v) is 4.02. The minimum Gasteiger partial charge on any atom is -0.364 e. The van der Waals surface area contributed by atoms with Crippen molar-refractivity contribution >= 4 is 11.6 Å². The van der Waals surface area contributed by atoms with Gasteiger partial charge in [0.15, 0.2) is 0 Å². The molecule has 8 heteroatoms. The predicted molar refractivity (Wildman–Crippen MR) is 96.7 cm³/mol. The smallest absolute Gasteiger partial charge is 0.227 e. The van der Waals surface area contributed by atoms with Gasteiger partial charge < -0.3 is 9.84 Å². The Morgan fingerprint density at radius 3 is 2.58 bits per heavy atom. The van der Waals surface area contributed by atoms with Crippen LogP contribution < -0.4 is 5.32 Å². The van der Waals surface area contributed by atoms with Crippen molar-refractivity contribution in [2.45, 2.75) is 20.4 Å². The molecule has 130 valence electrons. The molecule has 0 aromatic carbocycles. The fourth-order valence-electron chi connectivity index (χ4n) is 2.63. The zero-order valence-electron chi connectivity index (χ0n) is 14.4. The van der Waals surface area contributed by atoms with E-state index in [0.717, 1.165) is 29.3 Å². The molecule has 0 aliphatic rings. The van der Waals surface area contributed by atoms with Crippen molar-refractivity contribution in [3.63, 3.8) is 0 Å². The van der Waals surface area contributed by atoms with Gasteiger partial charge in [-0.1, -0.05) is 11.2 Å². The van der Waals surface area contributed by atoms with Gasteiger partial charge in [-0.2, -0.15) is 5.10 Å². The maximum absolute atomic E-state index is 4.89. The van der Waals surface area contributed by atoms with Gasteiger partial charge in [-0.3, -0.25) is 4.68 Å². The Bertz CT molecular complexity index is 1020. The SMILES string of the molecule is CCn1ncc(Nc2nccc(-c3cccc(-c4ccon4)n3)n2)c1C. The zero-order chi connectivity index (χ0) is 17.9. The second-order valence-electron chi connectivity index (χ2n) is 5.64. The molecule has 4 rings (SSSR count). The topological polar surface area (TPSA) is 94.6 Å². The summed E-state index contributed by atoms with van der Waals surface area (Å²) >= 11 is 0. The van der Waals surface area contributed by atoms with Crippen molar-refractivity contribution in [1.82, 2.24) is 29.9 Å². The van der Waals surface area contributed by atoms with E-state index in [9.17, 15) is 0 Å². The summed E-state index contributed by atoms with van der Waals surface area (Å²) in [5.74, 6) is 0.495. The lowest BCUT2D eigenvalue weighted by molar-refractivity contribution is 0.422. The molecule has 0 amide bonds. The number of rotatable bonds is 5. The highest BCUT2D eigenvalue weighted by atomic mass is 16.5. The molecule has 0 unspecified atom stereocenters. The second-order valence-corrected chi connectivity index (χ2v) is 5.64. The average molecular weight is 347 g/mol. The van der Waals surface area contributed by atoms with Crippen molar-refractivity contribution in [2.24, 2.45) is 0 Å². The molecule has 26 heavy (non-hydrogen) atoms. The van der Waals surface area contributed by atoms with Crippen LogP contribution in [0.2, 0.25) is 0 Å². The lowest BCUT2D eigenvalue weighted by Gasteiger charge is -2.07. The van der Waals surface area contributed by atoms with Gasteiger partial charge in [0.25, 0.3) is 0 Å². The van der Waals surface area contributed by atoms with Gasteiger partial charge in [0, 0.05) is 18.8 Å². The molecule has 0 saturated carbocycles. The molecular weight excluding hydrogens is 330 g/mol. The fourth-order valence-corrected chi connectivity index (χ4v) is 2.63. The molecule has 0 aliphatic heterocycles. The first-order chi connectivity index (χ1) is 12.7. The fraction of sp³-hybridized carbons (Fsp3) is 0.167. The summed E-state index contributed by atoms with van der Waals surface area (Å²) in [5.41, 5.74) is 4.78. The van der Waals surface area contributed by atoms with Crippen molar-refractivity contribution in [1.29, 1.82) is 0 Å². The van der Waals surface area contributed by atoms with Gasteiger partial charge in [0.05, 0.1) is 34.7 Å². The first-order valence-corrected chi connectivity index (χ1v) is 8.25. The van der Waals surface area contributed by atoms with Gasteiger partial charge in [0.2, 0.25) is 5.95 Å². The van der Waals surface area contributed by atoms with E-state index in [1.807, 2.05) is 35.9 Å². The summed E-state index contributed by atoms with van der Waals surface area (Å²) in [7, 11) is 0. The standard InChI is InChI=1S/C18H17N7O/c1-3-25-12(2)17(11-20-25)23-18-19-9-7-15(22-18)13-5-4-6-14(21-13)16-8-10-26-24-16/h4-11H,3H2,1-2H3,(H,19,22,23). The monoisotopic (exact) mass is 347 g/mol. The number of hydrogen-bond acceptors (Lipinski definition) is 7. The minimum absolute atomic E-state index is 0.495. The molecule has 0 spiro atoms. The van der Waals surface area contributed by atoms with Crippen LogP contribution in [0.1, 0.15) is 12.6 Å². The molecule has 0 atom stereocenters. The Morgan fingerprint density at radius 1 is 1.04 bits per heavy atom. The van der Waals surface area contributed by atoms with Crippen molar-refractivity contribution < 1.29 is 4.52 Å². The summed E-state index contributed by atoms with van der Waals surface area (Å²) in [6, 6.07) is 9.28. The molecule has 0 aliphatic carbocycles. The lowest BCUT2D eigenvalue weighted by atomic mass is 10.2. The van der Waals surface area contributed by atoms with E-state index < -0.39 is 0 Å². The van der Waals surface area contributed by atoms with Crippen LogP contribution in [-0.4, -0.2) is 29.9 Å². The van der Waals surface area contributed by atoms with Crippen LogP contribution in [0, 0.1) is 6.92 Å². The zero-order valence-corrected chi connectivity index (χ0v) is 14.4. The Hall–Kier alpha value is -3.55. The van der Waals surface area contributed by atoms with Crippen molar-refractivity contribution in [3.05, 3.63) is 54.7 Å². The average Bonchev–Trinajstić information content (AvgIpc) is 3.33. The number of nitrogens with zero attached hydrogens (tertiary/aromatic N) is 6. The van der Waals surface area contributed by atoms with Crippen molar-refractivity contribution in [2.75, 3.05) is 5.32 Å². The quantitative estimate of drug-likeness (QED) is 0.590. The maximum atomic E-state index is 4.89. The van der Waals surface area contributed by atoms with Crippen LogP contribution in [0.25, 0.3) is 22.8 Å². The molecule has 8 nitrogen and oxygen atoms in total. The highest BCUT2D eigenvalue weighted by Gasteiger charge is 2.10. The Balaban J connectivity index is 1.64. The maximum Gasteiger partial charge on any atom is 0.227 e. The molecular formula is C18H17N7O. The number of nitrogens with one attached hydrogen (secondary N) is 1. The van der Waals surface area contributed by atoms with Gasteiger partial charge in [0.1, 0.15) is 12.0 Å². The molecule has 4 aromatic rings. The van der Waals surface area contributed by atoms with E-state index >= 15 is 0 Å². The third-order valence-electron chi connectivity index (χ3n) is 4.02. The van der Waals surface area contributed by atoms with Crippen molar-refractivity contribution in [3.8, 4) is 22.8 Å². The summed E-state index contributed by atoms with van der Waals surface area (Å²) in [6.45, 7) is 4.87. The van der Waals surface area contributed by atoms with Crippen LogP contribution in [0.4, 0.5) is 11.6 Å². The van der Waals surface area contributed by atoms with Crippen LogP contribution >= 0.6 is 0 Å². The van der Waals surface area contributed by atoms with E-state index in [-0.39, 0.29) is 0 Å². The number of aryl methyl sites for hydroxylation is 1. The predicted octanol–water partition coefficient (Wildman–Crippen LogP) is 3.46. The largest absolute Gasteiger partial charge is 0.364 e. The van der Waals surface area contributed by atoms with E-state index in [0.29, 0.717) is 17.3 Å². The number of anilines is 2. The first kappa shape index (κ1) is 15.9. The highest BCUT2D eigenvalue weighted by Crippen LogP contribution is 2.22. The van der Waals surface area contributed by atoms with Crippen LogP contribution in [0.5, 0.6) is 0 Å². The molecule has 4 aromatic heterocycles. The molecule has 0 bridgehead atoms.